The Kier molecular flexibility index (Phi) is 3.52. The van der Waals surface area contributed by atoms with Gasteiger partial charge in [0.25, 0.3) is 0 Å². The predicted octanol–water partition coefficient (Wildman–Crippen LogP) is -1.63. The van der Waals surface area contributed by atoms with Crippen LogP contribution in [0.25, 0.3) is 0 Å². The minimum Gasteiger partial charge on any atom is -0.388 e. The summed E-state index contributed by atoms with van der Waals surface area (Å²) in [6, 6.07) is -0.0647. The molecule has 0 aromatic carbocycles. The molecule has 0 amide bonds. The average molecular weight is 174 g/mol. The number of ether oxygens (including phenoxy) is 3. The van der Waals surface area contributed by atoms with Crippen LogP contribution in [-0.2, 0) is 14.2 Å². The molecule has 12 heavy (non-hydrogen) atoms. The summed E-state index contributed by atoms with van der Waals surface area (Å²) in [6.45, 7) is 0.408. The minimum atomic E-state index is -0.579. The van der Waals surface area contributed by atoms with E-state index in [4.69, 9.17) is 14.2 Å². The second-order valence-electron chi connectivity index (χ2n) is 3.03. The summed E-state index contributed by atoms with van der Waals surface area (Å²) in [6.07, 6.45) is -1.06. The fourth-order valence-corrected chi connectivity index (χ4v) is 1.56. The first kappa shape index (κ1) is 9.99. The predicted molar refractivity (Wildman–Crippen MR) is 45.9 cm³/mol. The Balaban J connectivity index is 2.49. The molecule has 0 bridgehead atoms. The normalized spacial score (nSPS) is 41.9. The van der Waals surface area contributed by atoms with Gasteiger partial charge < -0.3 is 19.3 Å². The number of hydrogen-bond donors (Lipinski definition) is 1. The maximum absolute atomic E-state index is 9.62. The molecular formula is C7H15BO4. The number of rotatable bonds is 3. The van der Waals surface area contributed by atoms with E-state index in [9.17, 15) is 5.11 Å². The van der Waals surface area contributed by atoms with Crippen LogP contribution in [-0.4, -0.2) is 58.1 Å². The highest BCUT2D eigenvalue weighted by Crippen LogP contribution is 2.21. The number of aliphatic hydroxyl groups is 1. The molecule has 4 nitrogen and oxygen atoms in total. The molecule has 0 aliphatic carbocycles. The number of aliphatic hydroxyl groups excluding tert-OH is 1. The first-order chi connectivity index (χ1) is 5.70. The molecule has 1 aliphatic rings. The SMILES string of the molecule is B[C@@H]1OC(COC)[C@@H](O)[C@H]1OC. The third-order valence-corrected chi connectivity index (χ3v) is 2.17. The lowest BCUT2D eigenvalue weighted by atomic mass is 9.93. The van der Waals surface area contributed by atoms with E-state index >= 15 is 0 Å². The zero-order valence-corrected chi connectivity index (χ0v) is 7.69. The summed E-state index contributed by atoms with van der Waals surface area (Å²) in [5, 5.41) is 9.62. The van der Waals surface area contributed by atoms with Crippen LogP contribution in [0.2, 0.25) is 0 Å². The molecule has 1 rings (SSSR count). The monoisotopic (exact) mass is 174 g/mol. The molecule has 0 spiro atoms. The van der Waals surface area contributed by atoms with Gasteiger partial charge in [0, 0.05) is 14.2 Å². The van der Waals surface area contributed by atoms with E-state index in [1.54, 1.807) is 14.2 Å². The third kappa shape index (κ3) is 1.80. The quantitative estimate of drug-likeness (QED) is 0.521. The van der Waals surface area contributed by atoms with Crippen molar-refractivity contribution < 1.29 is 19.3 Å². The Morgan fingerprint density at radius 2 is 2.17 bits per heavy atom. The molecule has 0 aromatic heterocycles. The van der Waals surface area contributed by atoms with E-state index < -0.39 is 6.10 Å². The summed E-state index contributed by atoms with van der Waals surface area (Å²) >= 11 is 0. The standard InChI is InChI=1S/C7H15BO4/c1-10-3-4-5(9)6(11-2)7(8)12-4/h4-7,9H,3,8H2,1-2H3/t4?,5-,6-,7-/m1/s1. The van der Waals surface area contributed by atoms with Crippen molar-refractivity contribution in [3.63, 3.8) is 0 Å². The summed E-state index contributed by atoms with van der Waals surface area (Å²) in [7, 11) is 5.04. The van der Waals surface area contributed by atoms with Crippen molar-refractivity contribution >= 4 is 7.85 Å². The van der Waals surface area contributed by atoms with E-state index in [0.717, 1.165) is 0 Å². The zero-order valence-electron chi connectivity index (χ0n) is 7.69. The summed E-state index contributed by atoms with van der Waals surface area (Å²) in [5.74, 6) is 0. The fraction of sp³-hybridized carbons (Fsp3) is 1.00. The van der Waals surface area contributed by atoms with Crippen LogP contribution in [0.4, 0.5) is 0 Å². The lowest BCUT2D eigenvalue weighted by Gasteiger charge is -2.15. The van der Waals surface area contributed by atoms with Gasteiger partial charge in [0.1, 0.15) is 26.2 Å². The largest absolute Gasteiger partial charge is 0.388 e. The topological polar surface area (TPSA) is 47.9 Å². The van der Waals surface area contributed by atoms with E-state index in [0.29, 0.717) is 6.61 Å². The van der Waals surface area contributed by atoms with Crippen LogP contribution in [0.15, 0.2) is 0 Å². The Hall–Kier alpha value is -0.0951. The minimum absolute atomic E-state index is 0.0647. The van der Waals surface area contributed by atoms with E-state index in [1.807, 2.05) is 7.85 Å². The summed E-state index contributed by atoms with van der Waals surface area (Å²) in [4.78, 5) is 0. The van der Waals surface area contributed by atoms with Gasteiger partial charge in [-0.1, -0.05) is 0 Å². The lowest BCUT2D eigenvalue weighted by Crippen LogP contribution is -2.35. The average Bonchev–Trinajstić information content (AvgIpc) is 2.29. The van der Waals surface area contributed by atoms with Crippen LogP contribution < -0.4 is 0 Å². The summed E-state index contributed by atoms with van der Waals surface area (Å²) < 4.78 is 15.4. The third-order valence-electron chi connectivity index (χ3n) is 2.17. The van der Waals surface area contributed by atoms with Crippen molar-refractivity contribution in [2.45, 2.75) is 24.3 Å². The van der Waals surface area contributed by atoms with Crippen molar-refractivity contribution in [1.82, 2.24) is 0 Å². The van der Waals surface area contributed by atoms with Crippen LogP contribution in [0.5, 0.6) is 0 Å². The van der Waals surface area contributed by atoms with Gasteiger partial charge >= 0.3 is 0 Å². The van der Waals surface area contributed by atoms with Crippen LogP contribution >= 0.6 is 0 Å². The Morgan fingerprint density at radius 3 is 2.58 bits per heavy atom. The molecule has 1 fully saturated rings. The molecule has 4 atom stereocenters. The van der Waals surface area contributed by atoms with Crippen molar-refractivity contribution in [2.75, 3.05) is 20.8 Å². The number of methoxy groups -OCH3 is 2. The van der Waals surface area contributed by atoms with Gasteiger partial charge in [-0.3, -0.25) is 0 Å². The summed E-state index contributed by atoms with van der Waals surface area (Å²) in [5.41, 5.74) is 0. The Bertz CT molecular complexity index is 143. The van der Waals surface area contributed by atoms with Gasteiger partial charge in [-0.2, -0.15) is 0 Å². The molecule has 1 N–H and O–H groups in total. The van der Waals surface area contributed by atoms with E-state index in [2.05, 4.69) is 0 Å². The number of hydrogen-bond acceptors (Lipinski definition) is 4. The molecule has 5 heteroatoms. The maximum atomic E-state index is 9.62. The first-order valence-corrected chi connectivity index (χ1v) is 4.06. The molecule has 1 aliphatic heterocycles. The molecule has 70 valence electrons. The molecule has 0 radical (unpaired) electrons. The van der Waals surface area contributed by atoms with E-state index in [-0.39, 0.29) is 18.2 Å². The van der Waals surface area contributed by atoms with Crippen LogP contribution in [0, 0.1) is 0 Å². The lowest BCUT2D eigenvalue weighted by molar-refractivity contribution is -0.0247. The van der Waals surface area contributed by atoms with Crippen LogP contribution in [0.1, 0.15) is 0 Å². The highest BCUT2D eigenvalue weighted by Gasteiger charge is 2.40. The van der Waals surface area contributed by atoms with Gasteiger partial charge in [0.05, 0.1) is 12.6 Å². The van der Waals surface area contributed by atoms with Gasteiger partial charge in [0.2, 0.25) is 0 Å². The van der Waals surface area contributed by atoms with Gasteiger partial charge in [-0.25, -0.2) is 0 Å². The second kappa shape index (κ2) is 4.23. The van der Waals surface area contributed by atoms with Crippen molar-refractivity contribution in [3.8, 4) is 0 Å². The van der Waals surface area contributed by atoms with Gasteiger partial charge in [-0.15, -0.1) is 0 Å². The van der Waals surface area contributed by atoms with Crippen LogP contribution in [0.3, 0.4) is 0 Å². The molecular weight excluding hydrogens is 159 g/mol. The highest BCUT2D eigenvalue weighted by molar-refractivity contribution is 6.11. The van der Waals surface area contributed by atoms with Crippen molar-refractivity contribution in [1.29, 1.82) is 0 Å². The first-order valence-electron chi connectivity index (χ1n) is 4.06. The molecule has 1 heterocycles. The smallest absolute Gasteiger partial charge is 0.142 e. The molecule has 1 unspecified atom stereocenters. The Morgan fingerprint density at radius 1 is 1.50 bits per heavy atom. The van der Waals surface area contributed by atoms with E-state index in [1.165, 1.54) is 0 Å². The maximum Gasteiger partial charge on any atom is 0.142 e. The van der Waals surface area contributed by atoms with Crippen molar-refractivity contribution in [3.05, 3.63) is 0 Å². The highest BCUT2D eigenvalue weighted by atomic mass is 16.6. The Labute approximate surface area is 73.2 Å². The fourth-order valence-electron chi connectivity index (χ4n) is 1.56. The van der Waals surface area contributed by atoms with Gasteiger partial charge in [0.15, 0.2) is 0 Å². The second-order valence-corrected chi connectivity index (χ2v) is 3.03. The molecule has 0 aromatic rings. The zero-order chi connectivity index (χ0) is 9.14. The van der Waals surface area contributed by atoms with Gasteiger partial charge in [-0.05, 0) is 0 Å². The molecule has 0 saturated carbocycles. The molecule has 1 saturated heterocycles. The van der Waals surface area contributed by atoms with Crippen molar-refractivity contribution in [2.24, 2.45) is 0 Å².